The minimum atomic E-state index is -0.282. The third-order valence-corrected chi connectivity index (χ3v) is 5.02. The summed E-state index contributed by atoms with van der Waals surface area (Å²) >= 11 is 0. The molecule has 0 bridgehead atoms. The number of para-hydroxylation sites is 2. The van der Waals surface area contributed by atoms with Gasteiger partial charge in [-0.2, -0.15) is 0 Å². The van der Waals surface area contributed by atoms with Crippen molar-refractivity contribution in [2.75, 3.05) is 9.80 Å². The predicted molar refractivity (Wildman–Crippen MR) is 107 cm³/mol. The molecule has 0 saturated carbocycles. The Morgan fingerprint density at radius 3 is 1.48 bits per heavy atom. The Labute approximate surface area is 156 Å². The summed E-state index contributed by atoms with van der Waals surface area (Å²) in [6.45, 7) is 0.0715. The summed E-state index contributed by atoms with van der Waals surface area (Å²) in [6.07, 6.45) is 3.80. The van der Waals surface area contributed by atoms with E-state index in [1.807, 2.05) is 64.5 Å². The molecule has 2 aliphatic rings. The fraction of sp³-hybridized carbons (Fsp3) is 0. The van der Waals surface area contributed by atoms with Crippen LogP contribution in [0, 0.1) is 11.6 Å². The quantitative estimate of drug-likeness (QED) is 0.591. The number of benzene rings is 3. The van der Waals surface area contributed by atoms with Crippen LogP contribution in [0.1, 0.15) is 0 Å². The van der Waals surface area contributed by atoms with Crippen molar-refractivity contribution in [1.82, 2.24) is 0 Å². The minimum absolute atomic E-state index is 0.0715. The number of anilines is 4. The molecule has 0 unspecified atom stereocenters. The van der Waals surface area contributed by atoms with Crippen LogP contribution >= 0.6 is 0 Å². The second kappa shape index (κ2) is 6.13. The molecule has 0 N–H and O–H groups in total. The molecule has 0 saturated heterocycles. The van der Waals surface area contributed by atoms with E-state index in [1.165, 1.54) is 12.1 Å². The van der Waals surface area contributed by atoms with E-state index >= 15 is 0 Å². The van der Waals surface area contributed by atoms with Crippen LogP contribution in [0.15, 0.2) is 91.1 Å². The average Bonchev–Trinajstić information content (AvgIpc) is 2.70. The second-order valence-electron chi connectivity index (χ2n) is 6.56. The van der Waals surface area contributed by atoms with E-state index in [-0.39, 0.29) is 18.3 Å². The highest BCUT2D eigenvalue weighted by Crippen LogP contribution is 2.37. The Kier molecular flexibility index (Phi) is 3.61. The molecule has 0 fully saturated rings. The third kappa shape index (κ3) is 2.46. The SMILES string of the molecule is Fc1ccccc1N1C=CB2C=CN(c3ccccc3F)c3cccc1c32. The van der Waals surface area contributed by atoms with Crippen LogP contribution < -0.4 is 15.3 Å². The van der Waals surface area contributed by atoms with Crippen molar-refractivity contribution in [2.24, 2.45) is 0 Å². The van der Waals surface area contributed by atoms with E-state index in [0.717, 1.165) is 16.8 Å². The van der Waals surface area contributed by atoms with Gasteiger partial charge >= 0.3 is 0 Å². The largest absolute Gasteiger partial charge is 0.316 e. The summed E-state index contributed by atoms with van der Waals surface area (Å²) in [5.41, 5.74) is 3.82. The number of nitrogens with zero attached hydrogens (tertiary/aromatic N) is 2. The normalized spacial score (nSPS) is 14.5. The van der Waals surface area contributed by atoms with Crippen molar-refractivity contribution in [1.29, 1.82) is 0 Å². The third-order valence-electron chi connectivity index (χ3n) is 5.02. The molecule has 0 radical (unpaired) electrons. The lowest BCUT2D eigenvalue weighted by atomic mass is 9.42. The Balaban J connectivity index is 1.69. The Morgan fingerprint density at radius 2 is 1.00 bits per heavy atom. The van der Waals surface area contributed by atoms with Crippen LogP contribution in [-0.4, -0.2) is 6.71 Å². The van der Waals surface area contributed by atoms with Crippen LogP contribution in [0.3, 0.4) is 0 Å². The molecule has 0 amide bonds. The monoisotopic (exact) mass is 356 g/mol. The summed E-state index contributed by atoms with van der Waals surface area (Å²) in [5, 5.41) is 0. The predicted octanol–water partition coefficient (Wildman–Crippen LogP) is 5.08. The van der Waals surface area contributed by atoms with E-state index in [0.29, 0.717) is 11.4 Å². The first-order valence-corrected chi connectivity index (χ1v) is 8.81. The van der Waals surface area contributed by atoms with Crippen LogP contribution in [0.2, 0.25) is 0 Å². The Morgan fingerprint density at radius 1 is 0.556 bits per heavy atom. The van der Waals surface area contributed by atoms with E-state index in [9.17, 15) is 8.78 Å². The van der Waals surface area contributed by atoms with Gasteiger partial charge in [0.05, 0.1) is 11.4 Å². The fourth-order valence-corrected chi connectivity index (χ4v) is 3.79. The fourth-order valence-electron chi connectivity index (χ4n) is 3.79. The lowest BCUT2D eigenvalue weighted by Gasteiger charge is -2.36. The number of rotatable bonds is 2. The van der Waals surface area contributed by atoms with Gasteiger partial charge in [0, 0.05) is 11.4 Å². The summed E-state index contributed by atoms with van der Waals surface area (Å²) in [5.74, 6) is 3.51. The van der Waals surface area contributed by atoms with Crippen LogP contribution in [0.5, 0.6) is 0 Å². The Hall–Kier alpha value is -3.34. The number of hydrogen-bond acceptors (Lipinski definition) is 2. The first kappa shape index (κ1) is 15.9. The number of halogens is 2. The second-order valence-corrected chi connectivity index (χ2v) is 6.56. The van der Waals surface area contributed by atoms with Crippen molar-refractivity contribution in [3.8, 4) is 0 Å². The molecule has 130 valence electrons. The van der Waals surface area contributed by atoms with E-state index in [4.69, 9.17) is 0 Å². The van der Waals surface area contributed by atoms with Crippen molar-refractivity contribution in [3.05, 3.63) is 103 Å². The minimum Gasteiger partial charge on any atom is -0.316 e. The molecule has 3 aromatic rings. The van der Waals surface area contributed by atoms with Gasteiger partial charge in [0.25, 0.3) is 0 Å². The first-order chi connectivity index (χ1) is 13.2. The van der Waals surface area contributed by atoms with Crippen LogP contribution in [0.25, 0.3) is 0 Å². The molecule has 3 aromatic carbocycles. The van der Waals surface area contributed by atoms with Crippen molar-refractivity contribution in [3.63, 3.8) is 0 Å². The van der Waals surface area contributed by atoms with Gasteiger partial charge in [-0.1, -0.05) is 42.3 Å². The maximum atomic E-state index is 14.4. The zero-order chi connectivity index (χ0) is 18.4. The van der Waals surface area contributed by atoms with Crippen LogP contribution in [0.4, 0.5) is 31.5 Å². The summed E-state index contributed by atoms with van der Waals surface area (Å²) < 4.78 is 28.8. The van der Waals surface area contributed by atoms with E-state index in [2.05, 4.69) is 0 Å². The molecule has 0 spiro atoms. The molecule has 5 heteroatoms. The summed E-state index contributed by atoms with van der Waals surface area (Å²) in [7, 11) is 0. The molecular formula is C22H15BF2N2. The van der Waals surface area contributed by atoms with Gasteiger partial charge in [-0.05, 0) is 54.3 Å². The van der Waals surface area contributed by atoms with Gasteiger partial charge in [-0.25, -0.2) is 8.78 Å². The molecule has 0 atom stereocenters. The van der Waals surface area contributed by atoms with Gasteiger partial charge < -0.3 is 9.80 Å². The zero-order valence-electron chi connectivity index (χ0n) is 14.4. The van der Waals surface area contributed by atoms with Gasteiger partial charge in [0.15, 0.2) is 0 Å². The van der Waals surface area contributed by atoms with E-state index in [1.54, 1.807) is 24.3 Å². The lowest BCUT2D eigenvalue weighted by molar-refractivity contribution is 0.628. The molecule has 2 nitrogen and oxygen atoms in total. The summed E-state index contributed by atoms with van der Waals surface area (Å²) in [6, 6.07) is 19.3. The smallest absolute Gasteiger partial charge is 0.234 e. The highest BCUT2D eigenvalue weighted by molar-refractivity contribution is 6.85. The Bertz CT molecular complexity index is 1010. The van der Waals surface area contributed by atoms with Gasteiger partial charge in [0.2, 0.25) is 6.71 Å². The molecule has 27 heavy (non-hydrogen) atoms. The average molecular weight is 356 g/mol. The van der Waals surface area contributed by atoms with Crippen molar-refractivity contribution >= 4 is 34.9 Å². The maximum Gasteiger partial charge on any atom is 0.234 e. The summed E-state index contributed by atoms with van der Waals surface area (Å²) in [4.78, 5) is 3.70. The van der Waals surface area contributed by atoms with Gasteiger partial charge in [0.1, 0.15) is 11.6 Å². The van der Waals surface area contributed by atoms with Gasteiger partial charge in [-0.15, -0.1) is 0 Å². The highest BCUT2D eigenvalue weighted by Gasteiger charge is 2.31. The molecule has 5 rings (SSSR count). The molecule has 0 aromatic heterocycles. The lowest BCUT2D eigenvalue weighted by Crippen LogP contribution is -2.41. The van der Waals surface area contributed by atoms with Crippen LogP contribution in [-0.2, 0) is 0 Å². The zero-order valence-corrected chi connectivity index (χ0v) is 14.4. The topological polar surface area (TPSA) is 6.48 Å². The standard InChI is InChI=1S/C22H15BF2N2/c24-16-6-1-3-8-18(16)26-14-12-23-13-15-27(19-9-4-2-7-17(19)25)21-11-5-10-20(26)22(21)23/h1-15H. The number of hydrogen-bond donors (Lipinski definition) is 0. The van der Waals surface area contributed by atoms with Crippen molar-refractivity contribution in [2.45, 2.75) is 0 Å². The molecule has 2 aliphatic heterocycles. The maximum absolute atomic E-state index is 14.4. The molecular weight excluding hydrogens is 341 g/mol. The molecule has 0 aliphatic carbocycles. The molecule has 2 heterocycles. The highest BCUT2D eigenvalue weighted by atomic mass is 19.1. The van der Waals surface area contributed by atoms with Crippen molar-refractivity contribution < 1.29 is 8.78 Å². The van der Waals surface area contributed by atoms with E-state index < -0.39 is 0 Å². The van der Waals surface area contributed by atoms with Gasteiger partial charge in [-0.3, -0.25) is 0 Å². The first-order valence-electron chi connectivity index (χ1n) is 8.81.